The van der Waals surface area contributed by atoms with Crippen molar-refractivity contribution < 1.29 is 68.5 Å². The van der Waals surface area contributed by atoms with E-state index in [0.717, 1.165) is 25.7 Å². The van der Waals surface area contributed by atoms with E-state index in [0.29, 0.717) is 0 Å². The second kappa shape index (κ2) is 26.8. The third-order valence-electron chi connectivity index (χ3n) is 5.99. The van der Waals surface area contributed by atoms with Crippen LogP contribution in [0.1, 0.15) is 142 Å². The van der Waals surface area contributed by atoms with Crippen molar-refractivity contribution >= 4 is 10.4 Å². The molecule has 0 N–H and O–H groups in total. The van der Waals surface area contributed by atoms with Crippen molar-refractivity contribution in [3.63, 3.8) is 0 Å². The first-order valence-corrected chi connectivity index (χ1v) is 14.6. The summed E-state index contributed by atoms with van der Waals surface area (Å²) in [4.78, 5) is 0. The Morgan fingerprint density at radius 2 is 1.09 bits per heavy atom. The number of rotatable bonds is 24. The minimum atomic E-state index is -4.60. The van der Waals surface area contributed by atoms with Gasteiger partial charge in [0.05, 0.1) is 6.61 Å². The van der Waals surface area contributed by atoms with Crippen molar-refractivity contribution in [3.05, 3.63) is 12.2 Å². The zero-order valence-corrected chi connectivity index (χ0v) is 25.6. The first-order chi connectivity index (χ1) is 15.0. The maximum Gasteiger partial charge on any atom is 1.00 e. The topological polar surface area (TPSA) is 66.4 Å². The molecule has 0 aromatic rings. The van der Waals surface area contributed by atoms with Crippen LogP contribution < -0.4 is 51.4 Å². The molecule has 0 spiro atoms. The van der Waals surface area contributed by atoms with E-state index in [4.69, 9.17) is 0 Å². The molecule has 0 aliphatic heterocycles. The Morgan fingerprint density at radius 3 is 1.53 bits per heavy atom. The molecule has 32 heavy (non-hydrogen) atoms. The molecule has 186 valence electrons. The third-order valence-corrected chi connectivity index (χ3v) is 6.41. The van der Waals surface area contributed by atoms with E-state index < -0.39 is 10.4 Å². The monoisotopic (exact) mass is 498 g/mol. The second-order valence-corrected chi connectivity index (χ2v) is 10.2. The van der Waals surface area contributed by atoms with Gasteiger partial charge >= 0.3 is 51.4 Å². The summed E-state index contributed by atoms with van der Waals surface area (Å²) in [7, 11) is -4.60. The summed E-state index contributed by atoms with van der Waals surface area (Å²) in [6, 6.07) is 0. The number of unbranched alkanes of at least 4 members (excludes halogenated alkanes) is 17. The van der Waals surface area contributed by atoms with Crippen LogP contribution in [0.3, 0.4) is 0 Å². The fraction of sp³-hybridized carbons (Fsp3) is 0.923. The van der Waals surface area contributed by atoms with Gasteiger partial charge in [-0.2, -0.15) is 0 Å². The Bertz CT molecular complexity index is 494. The van der Waals surface area contributed by atoms with Gasteiger partial charge in [0.2, 0.25) is 10.4 Å². The molecule has 0 aliphatic rings. The number of hydrogen-bond acceptors (Lipinski definition) is 4. The molecule has 0 fully saturated rings. The average molecular weight is 499 g/mol. The molecule has 0 heterocycles. The summed E-state index contributed by atoms with van der Waals surface area (Å²) < 4.78 is 36.9. The Morgan fingerprint density at radius 1 is 0.688 bits per heavy atom. The number of allylic oxidation sites excluding steroid dienone is 1. The summed E-state index contributed by atoms with van der Waals surface area (Å²) in [5, 5.41) is 0. The maximum atomic E-state index is 10.8. The average Bonchev–Trinajstić information content (AvgIpc) is 2.73. The standard InChI is InChI=1S/C26H52O4S.K/c1-3-5-7-9-11-12-13-14-15-16-17-18-20-22-24-26(25-30-31(27,28)29)23-21-19-10-8-6-4-2;/h22,24,26H,3-21,23,25H2,1-2H3,(H,27,28,29);/q;+1/p-1/b24-22+;. The van der Waals surface area contributed by atoms with Crippen LogP contribution in [0, 0.1) is 5.92 Å². The van der Waals surface area contributed by atoms with Crippen LogP contribution in [0.4, 0.5) is 0 Å². The van der Waals surface area contributed by atoms with Crippen LogP contribution in [0.2, 0.25) is 0 Å². The quantitative estimate of drug-likeness (QED) is 0.0581. The van der Waals surface area contributed by atoms with Crippen LogP contribution in [-0.2, 0) is 14.6 Å². The fourth-order valence-corrected chi connectivity index (χ4v) is 4.33. The predicted molar refractivity (Wildman–Crippen MR) is 132 cm³/mol. The Kier molecular flexibility index (Phi) is 29.7. The van der Waals surface area contributed by atoms with Crippen molar-refractivity contribution in [1.82, 2.24) is 0 Å². The van der Waals surface area contributed by atoms with E-state index in [1.54, 1.807) is 0 Å². The van der Waals surface area contributed by atoms with E-state index in [1.807, 2.05) is 0 Å². The summed E-state index contributed by atoms with van der Waals surface area (Å²) >= 11 is 0. The molecule has 0 aromatic heterocycles. The van der Waals surface area contributed by atoms with Gasteiger partial charge in [0.25, 0.3) is 0 Å². The zero-order chi connectivity index (χ0) is 23.0. The minimum absolute atomic E-state index is 0. The molecule has 0 saturated carbocycles. The van der Waals surface area contributed by atoms with Crippen LogP contribution in [0.25, 0.3) is 0 Å². The third kappa shape index (κ3) is 29.3. The zero-order valence-electron chi connectivity index (χ0n) is 21.6. The SMILES string of the molecule is CCCCCCCCCCCCCC/C=C/C(CCCCCCCC)COS(=O)(=O)[O-].[K+]. The molecule has 0 amide bonds. The van der Waals surface area contributed by atoms with Crippen LogP contribution in [-0.4, -0.2) is 19.6 Å². The molecule has 6 heteroatoms. The van der Waals surface area contributed by atoms with Gasteiger partial charge in [-0.3, -0.25) is 4.18 Å². The van der Waals surface area contributed by atoms with Gasteiger partial charge in [0.1, 0.15) is 0 Å². The van der Waals surface area contributed by atoms with Gasteiger partial charge < -0.3 is 4.55 Å². The first-order valence-electron chi connectivity index (χ1n) is 13.3. The molecule has 0 aliphatic carbocycles. The molecule has 0 bridgehead atoms. The summed E-state index contributed by atoms with van der Waals surface area (Å²) in [6.07, 6.45) is 29.5. The smallest absolute Gasteiger partial charge is 0.726 e. The number of hydrogen-bond donors (Lipinski definition) is 0. The molecule has 1 unspecified atom stereocenters. The summed E-state index contributed by atoms with van der Waals surface area (Å²) in [6.45, 7) is 4.45. The second-order valence-electron chi connectivity index (χ2n) is 9.12. The van der Waals surface area contributed by atoms with Crippen molar-refractivity contribution in [3.8, 4) is 0 Å². The van der Waals surface area contributed by atoms with Gasteiger partial charge in [-0.15, -0.1) is 0 Å². The van der Waals surface area contributed by atoms with Gasteiger partial charge in [0.15, 0.2) is 0 Å². The van der Waals surface area contributed by atoms with Gasteiger partial charge in [0, 0.05) is 5.92 Å². The first kappa shape index (κ1) is 35.4. The molecular formula is C26H51KO4S. The van der Waals surface area contributed by atoms with Crippen molar-refractivity contribution in [2.75, 3.05) is 6.61 Å². The van der Waals surface area contributed by atoms with Crippen molar-refractivity contribution in [2.24, 2.45) is 5.92 Å². The summed E-state index contributed by atoms with van der Waals surface area (Å²) in [5.74, 6) is 0.0206. The van der Waals surface area contributed by atoms with Crippen LogP contribution >= 0.6 is 0 Å². The van der Waals surface area contributed by atoms with E-state index in [9.17, 15) is 13.0 Å². The largest absolute Gasteiger partial charge is 1.00 e. The summed E-state index contributed by atoms with van der Waals surface area (Å²) in [5.41, 5.74) is 0. The molecule has 1 atom stereocenters. The van der Waals surface area contributed by atoms with E-state index in [-0.39, 0.29) is 63.9 Å². The van der Waals surface area contributed by atoms with E-state index in [1.165, 1.54) is 103 Å². The Balaban J connectivity index is 0. The Labute approximate surface area is 243 Å². The molecule has 0 saturated heterocycles. The van der Waals surface area contributed by atoms with Crippen molar-refractivity contribution in [2.45, 2.75) is 142 Å². The van der Waals surface area contributed by atoms with Gasteiger partial charge in [-0.05, 0) is 19.3 Å². The van der Waals surface area contributed by atoms with Crippen LogP contribution in [0.15, 0.2) is 12.2 Å². The van der Waals surface area contributed by atoms with Crippen LogP contribution in [0.5, 0.6) is 0 Å². The predicted octanol–water partition coefficient (Wildman–Crippen LogP) is 5.48. The molecule has 4 nitrogen and oxygen atoms in total. The molecule has 0 aromatic carbocycles. The van der Waals surface area contributed by atoms with E-state index >= 15 is 0 Å². The fourth-order valence-electron chi connectivity index (χ4n) is 3.98. The normalized spacial score (nSPS) is 12.8. The molecule has 0 rings (SSSR count). The van der Waals surface area contributed by atoms with Gasteiger partial charge in [-0.1, -0.05) is 135 Å². The molecule has 0 radical (unpaired) electrons. The van der Waals surface area contributed by atoms with Gasteiger partial charge in [-0.25, -0.2) is 8.42 Å². The Hall–Kier alpha value is 1.25. The minimum Gasteiger partial charge on any atom is -0.726 e. The van der Waals surface area contributed by atoms with E-state index in [2.05, 4.69) is 30.2 Å². The molecular weight excluding hydrogens is 447 g/mol. The van der Waals surface area contributed by atoms with Crippen molar-refractivity contribution in [1.29, 1.82) is 0 Å². The maximum absolute atomic E-state index is 10.8.